The molecule has 1 aliphatic heterocycles. The Bertz CT molecular complexity index is 1450. The first-order chi connectivity index (χ1) is 17.0. The van der Waals surface area contributed by atoms with Gasteiger partial charge in [0.1, 0.15) is 5.58 Å². The fourth-order valence-corrected chi connectivity index (χ4v) is 5.04. The predicted molar refractivity (Wildman–Crippen MR) is 136 cm³/mol. The summed E-state index contributed by atoms with van der Waals surface area (Å²) in [7, 11) is 0. The van der Waals surface area contributed by atoms with Crippen LogP contribution < -0.4 is 19.8 Å². The first-order valence-electron chi connectivity index (χ1n) is 11.4. The number of rotatable bonds is 8. The Balaban J connectivity index is 1.70. The first kappa shape index (κ1) is 23.4. The quantitative estimate of drug-likeness (QED) is 0.261. The van der Waals surface area contributed by atoms with Gasteiger partial charge < -0.3 is 13.9 Å². The van der Waals surface area contributed by atoms with E-state index < -0.39 is 11.9 Å². The van der Waals surface area contributed by atoms with Crippen LogP contribution in [-0.2, 0) is 0 Å². The van der Waals surface area contributed by atoms with Crippen LogP contribution in [0.2, 0.25) is 5.02 Å². The number of hydrogen-bond acceptors (Lipinski definition) is 7. The van der Waals surface area contributed by atoms with Crippen molar-refractivity contribution < 1.29 is 18.7 Å². The maximum absolute atomic E-state index is 13.7. The Kier molecular flexibility index (Phi) is 6.49. The smallest absolute Gasteiger partial charge is 0.297 e. The molecule has 2 aromatic carbocycles. The van der Waals surface area contributed by atoms with Crippen LogP contribution in [-0.4, -0.2) is 24.1 Å². The average Bonchev–Trinajstić information content (AvgIpc) is 3.47. The monoisotopic (exact) mass is 510 g/mol. The number of carbonyl (C=O) groups is 1. The van der Waals surface area contributed by atoms with E-state index in [1.807, 2.05) is 25.1 Å². The molecule has 7 nitrogen and oxygen atoms in total. The molecule has 0 saturated carbocycles. The molecule has 9 heteroatoms. The molecule has 0 saturated heterocycles. The van der Waals surface area contributed by atoms with E-state index in [2.05, 4.69) is 11.9 Å². The van der Waals surface area contributed by atoms with Gasteiger partial charge in [-0.3, -0.25) is 14.5 Å². The van der Waals surface area contributed by atoms with Gasteiger partial charge in [-0.2, -0.15) is 0 Å². The maximum Gasteiger partial charge on any atom is 0.297 e. The summed E-state index contributed by atoms with van der Waals surface area (Å²) >= 11 is 7.47. The molecule has 1 aliphatic rings. The van der Waals surface area contributed by atoms with Crippen molar-refractivity contribution in [2.45, 2.75) is 32.7 Å². The van der Waals surface area contributed by atoms with Crippen molar-refractivity contribution >= 4 is 44.9 Å². The predicted octanol–water partition coefficient (Wildman–Crippen LogP) is 6.23. The molecule has 1 unspecified atom stereocenters. The lowest BCUT2D eigenvalue weighted by molar-refractivity contribution is 0.0971. The van der Waals surface area contributed by atoms with E-state index in [4.69, 9.17) is 25.5 Å². The van der Waals surface area contributed by atoms with Gasteiger partial charge in [0.25, 0.3) is 5.91 Å². The van der Waals surface area contributed by atoms with E-state index in [9.17, 15) is 9.59 Å². The third-order valence-corrected chi connectivity index (χ3v) is 6.80. The molecule has 5 rings (SSSR count). The third-order valence-electron chi connectivity index (χ3n) is 5.80. The van der Waals surface area contributed by atoms with E-state index in [0.717, 1.165) is 12.8 Å². The van der Waals surface area contributed by atoms with Crippen LogP contribution in [0.25, 0.3) is 11.0 Å². The molecule has 0 fully saturated rings. The summed E-state index contributed by atoms with van der Waals surface area (Å²) in [6.07, 6.45) is 3.56. The Hall–Kier alpha value is -3.36. The normalized spacial score (nSPS) is 15.0. The summed E-state index contributed by atoms with van der Waals surface area (Å²) < 4.78 is 17.8. The molecule has 3 heterocycles. The zero-order chi connectivity index (χ0) is 24.5. The number of carbonyl (C=O) groups excluding carboxylic acids is 1. The summed E-state index contributed by atoms with van der Waals surface area (Å²) in [4.78, 5) is 33.1. The second-order valence-electron chi connectivity index (χ2n) is 8.05. The third kappa shape index (κ3) is 4.17. The Morgan fingerprint density at radius 3 is 2.71 bits per heavy atom. The fraction of sp³-hybridized carbons (Fsp3) is 0.269. The molecule has 0 radical (unpaired) electrons. The number of anilines is 1. The maximum atomic E-state index is 13.7. The zero-order valence-corrected chi connectivity index (χ0v) is 20.8. The molecule has 0 bridgehead atoms. The minimum Gasteiger partial charge on any atom is -0.490 e. The topological polar surface area (TPSA) is 81.9 Å². The summed E-state index contributed by atoms with van der Waals surface area (Å²) in [6, 6.07) is 9.53. The van der Waals surface area contributed by atoms with Crippen molar-refractivity contribution in [1.82, 2.24) is 4.98 Å². The number of benzene rings is 2. The zero-order valence-electron chi connectivity index (χ0n) is 19.2. The standard InChI is InChI=1S/C26H23ClN2O5S/c1-3-5-11-33-19-8-6-15(13-20(19)32-4-2)22-21-23(30)17-14-16(27)7-9-18(17)34-24(21)25(31)29(22)26-28-10-12-35-26/h6-10,12-14,22H,3-5,11H2,1-2H3. The minimum absolute atomic E-state index is 0.00579. The summed E-state index contributed by atoms with van der Waals surface area (Å²) in [5.41, 5.74) is 0.942. The number of aromatic nitrogens is 1. The van der Waals surface area contributed by atoms with Crippen molar-refractivity contribution in [3.8, 4) is 11.5 Å². The van der Waals surface area contributed by atoms with Crippen LogP contribution >= 0.6 is 22.9 Å². The van der Waals surface area contributed by atoms with Gasteiger partial charge in [0.2, 0.25) is 5.76 Å². The van der Waals surface area contributed by atoms with Crippen LogP contribution in [0.4, 0.5) is 5.13 Å². The van der Waals surface area contributed by atoms with Crippen LogP contribution in [0.5, 0.6) is 11.5 Å². The highest BCUT2D eigenvalue weighted by Gasteiger charge is 2.45. The number of thiazole rings is 1. The van der Waals surface area contributed by atoms with Gasteiger partial charge in [-0.15, -0.1) is 11.3 Å². The highest BCUT2D eigenvalue weighted by atomic mass is 35.5. The SMILES string of the molecule is CCCCOc1ccc(C2c3c(oc4ccc(Cl)cc4c3=O)C(=O)N2c2nccs2)cc1OCC. The van der Waals surface area contributed by atoms with E-state index in [-0.39, 0.29) is 16.8 Å². The Labute approximate surface area is 210 Å². The van der Waals surface area contributed by atoms with E-state index in [0.29, 0.717) is 51.4 Å². The molecule has 35 heavy (non-hydrogen) atoms. The van der Waals surface area contributed by atoms with Crippen LogP contribution in [0, 0.1) is 0 Å². The van der Waals surface area contributed by atoms with Crippen molar-refractivity contribution in [2.75, 3.05) is 18.1 Å². The number of fused-ring (bicyclic) bond motifs is 2. The number of ether oxygens (including phenoxy) is 2. The highest BCUT2D eigenvalue weighted by molar-refractivity contribution is 7.13. The van der Waals surface area contributed by atoms with E-state index >= 15 is 0 Å². The molecule has 1 amide bonds. The lowest BCUT2D eigenvalue weighted by Crippen LogP contribution is -2.29. The molecular weight excluding hydrogens is 488 g/mol. The largest absolute Gasteiger partial charge is 0.490 e. The van der Waals surface area contributed by atoms with Crippen molar-refractivity contribution in [3.63, 3.8) is 0 Å². The van der Waals surface area contributed by atoms with E-state index in [1.165, 1.54) is 16.2 Å². The van der Waals surface area contributed by atoms with Gasteiger partial charge in [-0.1, -0.05) is 31.0 Å². The molecule has 0 N–H and O–H groups in total. The van der Waals surface area contributed by atoms with Gasteiger partial charge in [0, 0.05) is 16.6 Å². The van der Waals surface area contributed by atoms with E-state index in [1.54, 1.807) is 29.8 Å². The first-order valence-corrected chi connectivity index (χ1v) is 12.7. The Morgan fingerprint density at radius 2 is 1.97 bits per heavy atom. The van der Waals surface area contributed by atoms with Crippen molar-refractivity contribution in [3.05, 3.63) is 80.1 Å². The number of hydrogen-bond donors (Lipinski definition) is 0. The van der Waals surface area contributed by atoms with Crippen LogP contribution in [0.3, 0.4) is 0 Å². The second-order valence-corrected chi connectivity index (χ2v) is 9.36. The van der Waals surface area contributed by atoms with Gasteiger partial charge in [0.05, 0.1) is 30.2 Å². The molecule has 0 spiro atoms. The van der Waals surface area contributed by atoms with Crippen LogP contribution in [0.1, 0.15) is 54.4 Å². The molecular formula is C26H23ClN2O5S. The number of halogens is 1. The van der Waals surface area contributed by atoms with Crippen molar-refractivity contribution in [1.29, 1.82) is 0 Å². The molecule has 2 aromatic heterocycles. The van der Waals surface area contributed by atoms with Gasteiger partial charge >= 0.3 is 0 Å². The van der Waals surface area contributed by atoms with Crippen LogP contribution in [0.15, 0.2) is 57.2 Å². The second kappa shape index (κ2) is 9.71. The molecule has 180 valence electrons. The number of nitrogens with zero attached hydrogens (tertiary/aromatic N) is 2. The number of amides is 1. The van der Waals surface area contributed by atoms with Gasteiger partial charge in [-0.25, -0.2) is 4.98 Å². The van der Waals surface area contributed by atoms with Gasteiger partial charge in [-0.05, 0) is 49.2 Å². The average molecular weight is 511 g/mol. The Morgan fingerprint density at radius 1 is 1.11 bits per heavy atom. The minimum atomic E-state index is -0.743. The highest BCUT2D eigenvalue weighted by Crippen LogP contribution is 2.44. The molecule has 0 aliphatic carbocycles. The number of unbranched alkanes of at least 4 members (excludes halogenated alkanes) is 1. The molecule has 1 atom stereocenters. The lowest BCUT2D eigenvalue weighted by Gasteiger charge is -2.23. The fourth-order valence-electron chi connectivity index (χ4n) is 4.20. The lowest BCUT2D eigenvalue weighted by atomic mass is 9.98. The van der Waals surface area contributed by atoms with Crippen molar-refractivity contribution in [2.24, 2.45) is 0 Å². The molecule has 4 aromatic rings. The summed E-state index contributed by atoms with van der Waals surface area (Å²) in [5.74, 6) is 0.752. The summed E-state index contributed by atoms with van der Waals surface area (Å²) in [5, 5.41) is 2.98. The summed E-state index contributed by atoms with van der Waals surface area (Å²) in [6.45, 7) is 5.00. The van der Waals surface area contributed by atoms with Gasteiger partial charge in [0.15, 0.2) is 22.1 Å².